The molecule has 9 nitrogen and oxygen atoms in total. The van der Waals surface area contributed by atoms with Crippen molar-refractivity contribution in [3.05, 3.63) is 52.9 Å². The van der Waals surface area contributed by atoms with Crippen LogP contribution in [-0.4, -0.2) is 48.2 Å². The van der Waals surface area contributed by atoms with Crippen molar-refractivity contribution in [3.63, 3.8) is 0 Å². The summed E-state index contributed by atoms with van der Waals surface area (Å²) in [5.74, 6) is 0.757. The van der Waals surface area contributed by atoms with E-state index in [1.165, 1.54) is 0 Å². The zero-order chi connectivity index (χ0) is 25.7. The Kier molecular flexibility index (Phi) is 7.51. The van der Waals surface area contributed by atoms with Crippen LogP contribution in [0.25, 0.3) is 33.9 Å². The maximum Gasteiger partial charge on any atom is 0.389 e. The Hall–Kier alpha value is -3.96. The van der Waals surface area contributed by atoms with Crippen LogP contribution in [0.5, 0.6) is 5.75 Å². The Balaban J connectivity index is 1.53. The summed E-state index contributed by atoms with van der Waals surface area (Å²) in [6.45, 7) is 4.34. The second-order valence-electron chi connectivity index (χ2n) is 8.61. The molecule has 3 aromatic heterocycles. The molecule has 0 spiro atoms. The summed E-state index contributed by atoms with van der Waals surface area (Å²) in [6, 6.07) is 10.9. The lowest BCUT2D eigenvalue weighted by atomic mass is 10.0. The smallest absolute Gasteiger partial charge is 0.389 e. The van der Waals surface area contributed by atoms with Gasteiger partial charge in [0.2, 0.25) is 5.82 Å². The number of rotatable bonds is 10. The van der Waals surface area contributed by atoms with Gasteiger partial charge in [-0.15, -0.1) is 10.2 Å². The van der Waals surface area contributed by atoms with E-state index in [1.54, 1.807) is 28.9 Å². The molecule has 0 amide bonds. The van der Waals surface area contributed by atoms with Crippen LogP contribution >= 0.6 is 0 Å². The molecule has 1 aromatic carbocycles. The van der Waals surface area contributed by atoms with E-state index in [0.717, 1.165) is 5.56 Å². The Morgan fingerprint density at radius 1 is 1.08 bits per heavy atom. The van der Waals surface area contributed by atoms with Crippen LogP contribution < -0.4 is 10.3 Å². The van der Waals surface area contributed by atoms with E-state index in [1.807, 2.05) is 32.2 Å². The predicted molar refractivity (Wildman–Crippen MR) is 127 cm³/mol. The van der Waals surface area contributed by atoms with Gasteiger partial charge >= 0.3 is 6.18 Å². The van der Waals surface area contributed by atoms with Crippen molar-refractivity contribution in [1.82, 2.24) is 35.4 Å². The summed E-state index contributed by atoms with van der Waals surface area (Å²) in [6.07, 6.45) is -1.97. The molecule has 0 aliphatic rings. The van der Waals surface area contributed by atoms with Gasteiger partial charge in [-0.3, -0.25) is 9.48 Å². The van der Waals surface area contributed by atoms with Gasteiger partial charge in [0.15, 0.2) is 0 Å². The molecule has 0 radical (unpaired) electrons. The largest absolute Gasteiger partial charge is 0.494 e. The highest BCUT2D eigenvalue weighted by Gasteiger charge is 2.25. The second-order valence-corrected chi connectivity index (χ2v) is 8.61. The van der Waals surface area contributed by atoms with Crippen molar-refractivity contribution in [2.45, 2.75) is 51.7 Å². The highest BCUT2D eigenvalue weighted by atomic mass is 19.4. The summed E-state index contributed by atoms with van der Waals surface area (Å²) < 4.78 is 44.1. The lowest BCUT2D eigenvalue weighted by molar-refractivity contribution is -0.135. The number of hydrogen-bond acceptors (Lipinski definition) is 6. The maximum absolute atomic E-state index is 13.1. The third-order valence-electron chi connectivity index (χ3n) is 5.55. The van der Waals surface area contributed by atoms with Crippen molar-refractivity contribution >= 4 is 0 Å². The van der Waals surface area contributed by atoms with Crippen molar-refractivity contribution in [3.8, 4) is 39.7 Å². The standard InChI is InChI=1S/C24H26F3N7O2/c1-15(2)34-12-10-19(31-34)18-14-20(28-23(35)21(18)22-29-32-33-30-22)16-6-8-17(9-7-16)36-13-5-3-4-11-24(25,26)27/h6-10,12,14-15H,3-5,11,13H2,1-2H3,(H,28,35)(H,29,30,32,33). The number of benzene rings is 1. The molecule has 0 atom stereocenters. The number of nitrogens with one attached hydrogen (secondary N) is 2. The molecular formula is C24H26F3N7O2. The fourth-order valence-electron chi connectivity index (χ4n) is 3.70. The number of tetrazole rings is 1. The van der Waals surface area contributed by atoms with E-state index >= 15 is 0 Å². The first-order valence-corrected chi connectivity index (χ1v) is 11.6. The Morgan fingerprint density at radius 2 is 1.86 bits per heavy atom. The number of nitrogens with zero attached hydrogens (tertiary/aromatic N) is 5. The minimum absolute atomic E-state index is 0.0940. The zero-order valence-corrected chi connectivity index (χ0v) is 19.8. The van der Waals surface area contributed by atoms with Crippen LogP contribution in [0.3, 0.4) is 0 Å². The van der Waals surface area contributed by atoms with E-state index < -0.39 is 12.6 Å². The quantitative estimate of drug-likeness (QED) is 0.290. The van der Waals surface area contributed by atoms with Crippen molar-refractivity contribution in [2.24, 2.45) is 0 Å². The lowest BCUT2D eigenvalue weighted by Gasteiger charge is -2.10. The first-order chi connectivity index (χ1) is 17.2. The molecule has 0 saturated heterocycles. The second kappa shape index (κ2) is 10.8. The number of unbranched alkanes of at least 4 members (excludes halogenated alkanes) is 2. The molecule has 4 aromatic rings. The van der Waals surface area contributed by atoms with Crippen LogP contribution in [0.4, 0.5) is 13.2 Å². The zero-order valence-electron chi connectivity index (χ0n) is 19.8. The number of hydrogen-bond donors (Lipinski definition) is 2. The number of aromatic amines is 2. The summed E-state index contributed by atoms with van der Waals surface area (Å²) in [5, 5.41) is 18.5. The molecular weight excluding hydrogens is 475 g/mol. The van der Waals surface area contributed by atoms with Crippen molar-refractivity contribution in [2.75, 3.05) is 6.61 Å². The number of pyridine rings is 1. The molecule has 0 saturated carbocycles. The third kappa shape index (κ3) is 6.18. The Labute approximate surface area is 204 Å². The molecule has 4 rings (SSSR count). The predicted octanol–water partition coefficient (Wildman–Crippen LogP) is 5.17. The Bertz CT molecular complexity index is 1330. The monoisotopic (exact) mass is 501 g/mol. The molecule has 2 N–H and O–H groups in total. The van der Waals surface area contributed by atoms with Crippen LogP contribution in [0.1, 0.15) is 45.6 Å². The summed E-state index contributed by atoms with van der Waals surface area (Å²) in [7, 11) is 0. The van der Waals surface area contributed by atoms with E-state index in [-0.39, 0.29) is 29.4 Å². The average Bonchev–Trinajstić information content (AvgIpc) is 3.53. The number of H-pyrrole nitrogens is 2. The van der Waals surface area contributed by atoms with Gasteiger partial charge in [-0.1, -0.05) is 0 Å². The minimum atomic E-state index is -4.12. The number of halogens is 3. The molecule has 0 aliphatic heterocycles. The highest BCUT2D eigenvalue weighted by molar-refractivity contribution is 5.81. The van der Waals surface area contributed by atoms with Gasteiger partial charge in [-0.05, 0) is 80.3 Å². The van der Waals surface area contributed by atoms with Gasteiger partial charge in [0.05, 0.1) is 17.9 Å². The molecule has 3 heterocycles. The van der Waals surface area contributed by atoms with E-state index in [4.69, 9.17) is 4.74 Å². The fourth-order valence-corrected chi connectivity index (χ4v) is 3.70. The topological polar surface area (TPSA) is 114 Å². The molecule has 0 unspecified atom stereocenters. The maximum atomic E-state index is 13.1. The molecule has 0 aliphatic carbocycles. The molecule has 190 valence electrons. The normalized spacial score (nSPS) is 11.8. The van der Waals surface area contributed by atoms with Gasteiger partial charge in [0, 0.05) is 29.9 Å². The lowest BCUT2D eigenvalue weighted by Crippen LogP contribution is -2.13. The number of aromatic nitrogens is 7. The van der Waals surface area contributed by atoms with Gasteiger partial charge in [-0.25, -0.2) is 0 Å². The van der Waals surface area contributed by atoms with Crippen LogP contribution in [0.2, 0.25) is 0 Å². The summed E-state index contributed by atoms with van der Waals surface area (Å²) >= 11 is 0. The van der Waals surface area contributed by atoms with E-state index in [2.05, 4.69) is 30.7 Å². The summed E-state index contributed by atoms with van der Waals surface area (Å²) in [4.78, 5) is 16.0. The first kappa shape index (κ1) is 25.1. The van der Waals surface area contributed by atoms with Crippen LogP contribution in [-0.2, 0) is 0 Å². The SMILES string of the molecule is CC(C)n1ccc(-c2cc(-c3ccc(OCCCCCC(F)(F)F)cc3)[nH]c(=O)c2-c2nn[nH]n2)n1. The van der Waals surface area contributed by atoms with Crippen LogP contribution in [0.15, 0.2) is 47.4 Å². The van der Waals surface area contributed by atoms with Gasteiger partial charge < -0.3 is 9.72 Å². The minimum Gasteiger partial charge on any atom is -0.494 e. The summed E-state index contributed by atoms with van der Waals surface area (Å²) in [5.41, 5.74) is 2.35. The average molecular weight is 502 g/mol. The van der Waals surface area contributed by atoms with Gasteiger partial charge in [0.1, 0.15) is 5.75 Å². The fraction of sp³-hybridized carbons (Fsp3) is 0.375. The number of alkyl halides is 3. The van der Waals surface area contributed by atoms with Crippen molar-refractivity contribution < 1.29 is 17.9 Å². The van der Waals surface area contributed by atoms with Gasteiger partial charge in [-0.2, -0.15) is 23.5 Å². The van der Waals surface area contributed by atoms with Crippen LogP contribution in [0, 0.1) is 0 Å². The molecule has 0 bridgehead atoms. The third-order valence-corrected chi connectivity index (χ3v) is 5.55. The molecule has 0 fully saturated rings. The highest BCUT2D eigenvalue weighted by Crippen LogP contribution is 2.30. The number of ether oxygens (including phenoxy) is 1. The van der Waals surface area contributed by atoms with Crippen molar-refractivity contribution in [1.29, 1.82) is 0 Å². The van der Waals surface area contributed by atoms with Gasteiger partial charge in [0.25, 0.3) is 5.56 Å². The van der Waals surface area contributed by atoms with E-state index in [0.29, 0.717) is 42.1 Å². The molecule has 36 heavy (non-hydrogen) atoms. The molecule has 12 heteroatoms. The Morgan fingerprint density at radius 3 is 2.50 bits per heavy atom. The van der Waals surface area contributed by atoms with E-state index in [9.17, 15) is 18.0 Å². The first-order valence-electron chi connectivity index (χ1n) is 11.6.